The molecule has 1 aliphatic carbocycles. The SMILES string of the molecule is CNC(=O)c1ccc(N2CCN(Cc3ccc4c(=O)n(CC5CC5)c(=O)[nH]c4c3F)CC2)c(C)n1. The number of amides is 1. The van der Waals surface area contributed by atoms with Crippen LogP contribution in [0.3, 0.4) is 0 Å². The van der Waals surface area contributed by atoms with E-state index in [9.17, 15) is 14.4 Å². The lowest BCUT2D eigenvalue weighted by molar-refractivity contribution is 0.0958. The summed E-state index contributed by atoms with van der Waals surface area (Å²) >= 11 is 0. The van der Waals surface area contributed by atoms with Crippen molar-refractivity contribution in [3.63, 3.8) is 0 Å². The van der Waals surface area contributed by atoms with E-state index in [0.29, 0.717) is 43.4 Å². The summed E-state index contributed by atoms with van der Waals surface area (Å²) in [5.74, 6) is -0.394. The molecule has 3 aromatic rings. The van der Waals surface area contributed by atoms with Crippen LogP contribution in [-0.4, -0.2) is 58.6 Å². The molecule has 184 valence electrons. The van der Waals surface area contributed by atoms with Gasteiger partial charge in [-0.3, -0.25) is 19.1 Å². The number of aromatic amines is 1. The predicted octanol–water partition coefficient (Wildman–Crippen LogP) is 1.62. The highest BCUT2D eigenvalue weighted by Gasteiger charge is 2.25. The standard InChI is InChI=1S/C25H29FN6O3/c1-15-20(8-7-19(28-15)23(33)27-2)31-11-9-30(10-12-31)14-17-5-6-18-22(21(17)26)29-25(35)32(24(18)34)13-16-3-4-16/h5-8,16H,3-4,9-14H2,1-2H3,(H,27,33)(H,29,35). The van der Waals surface area contributed by atoms with E-state index >= 15 is 4.39 Å². The average Bonchev–Trinajstić information content (AvgIpc) is 3.68. The number of H-pyrrole nitrogens is 1. The molecular weight excluding hydrogens is 451 g/mol. The number of aryl methyl sites for hydroxylation is 1. The molecule has 9 nitrogen and oxygen atoms in total. The summed E-state index contributed by atoms with van der Waals surface area (Å²) < 4.78 is 16.5. The number of hydrogen-bond donors (Lipinski definition) is 2. The van der Waals surface area contributed by atoms with Crippen molar-refractivity contribution >= 4 is 22.5 Å². The number of nitrogens with zero attached hydrogens (tertiary/aromatic N) is 4. The third-order valence-corrected chi connectivity index (χ3v) is 6.94. The van der Waals surface area contributed by atoms with E-state index in [1.807, 2.05) is 13.0 Å². The van der Waals surface area contributed by atoms with Crippen LogP contribution in [0.4, 0.5) is 10.1 Å². The monoisotopic (exact) mass is 480 g/mol. The lowest BCUT2D eigenvalue weighted by Gasteiger charge is -2.36. The number of carbonyl (C=O) groups excluding carboxylic acids is 1. The Kier molecular flexibility index (Phi) is 6.14. The normalized spacial score (nSPS) is 16.6. The van der Waals surface area contributed by atoms with Crippen LogP contribution in [0.5, 0.6) is 0 Å². The van der Waals surface area contributed by atoms with Crippen LogP contribution in [0.25, 0.3) is 10.9 Å². The molecule has 0 unspecified atom stereocenters. The Morgan fingerprint density at radius 2 is 1.89 bits per heavy atom. The maximum atomic E-state index is 15.3. The second-order valence-corrected chi connectivity index (χ2v) is 9.39. The number of hydrogen-bond acceptors (Lipinski definition) is 6. The number of aromatic nitrogens is 3. The van der Waals surface area contributed by atoms with Gasteiger partial charge in [-0.25, -0.2) is 14.2 Å². The Morgan fingerprint density at radius 3 is 2.54 bits per heavy atom. The molecule has 1 aliphatic heterocycles. The van der Waals surface area contributed by atoms with Gasteiger partial charge in [0.2, 0.25) is 0 Å². The maximum absolute atomic E-state index is 15.3. The van der Waals surface area contributed by atoms with Crippen LogP contribution in [0.1, 0.15) is 34.6 Å². The molecule has 2 fully saturated rings. The van der Waals surface area contributed by atoms with E-state index in [-0.39, 0.29) is 16.8 Å². The second kappa shape index (κ2) is 9.26. The van der Waals surface area contributed by atoms with Crippen molar-refractivity contribution in [3.8, 4) is 0 Å². The lowest BCUT2D eigenvalue weighted by atomic mass is 10.1. The molecule has 1 saturated carbocycles. The summed E-state index contributed by atoms with van der Waals surface area (Å²) in [6, 6.07) is 6.90. The fourth-order valence-corrected chi connectivity index (χ4v) is 4.71. The largest absolute Gasteiger partial charge is 0.368 e. The highest BCUT2D eigenvalue weighted by molar-refractivity contribution is 5.92. The molecule has 0 radical (unpaired) electrons. The van der Waals surface area contributed by atoms with Crippen LogP contribution < -0.4 is 21.5 Å². The van der Waals surface area contributed by atoms with Crippen LogP contribution >= 0.6 is 0 Å². The van der Waals surface area contributed by atoms with Gasteiger partial charge in [0.05, 0.1) is 22.3 Å². The quantitative estimate of drug-likeness (QED) is 0.556. The van der Waals surface area contributed by atoms with Gasteiger partial charge in [0.25, 0.3) is 11.5 Å². The van der Waals surface area contributed by atoms with Gasteiger partial charge in [-0.2, -0.15) is 0 Å². The third-order valence-electron chi connectivity index (χ3n) is 6.94. The zero-order valence-corrected chi connectivity index (χ0v) is 19.9. The van der Waals surface area contributed by atoms with Gasteiger partial charge >= 0.3 is 5.69 Å². The van der Waals surface area contributed by atoms with Crippen molar-refractivity contribution in [3.05, 3.63) is 67.9 Å². The molecule has 2 aliphatic rings. The molecule has 2 aromatic heterocycles. The van der Waals surface area contributed by atoms with Gasteiger partial charge in [0.1, 0.15) is 5.69 Å². The first-order valence-corrected chi connectivity index (χ1v) is 12.0. The van der Waals surface area contributed by atoms with Crippen molar-refractivity contribution in [1.82, 2.24) is 24.8 Å². The summed E-state index contributed by atoms with van der Waals surface area (Å²) in [5, 5.41) is 2.79. The molecule has 3 heterocycles. The van der Waals surface area contributed by atoms with Crippen molar-refractivity contribution < 1.29 is 9.18 Å². The van der Waals surface area contributed by atoms with Crippen LogP contribution in [0.15, 0.2) is 33.9 Å². The Hall–Kier alpha value is -3.53. The number of anilines is 1. The van der Waals surface area contributed by atoms with Gasteiger partial charge in [-0.05, 0) is 43.9 Å². The van der Waals surface area contributed by atoms with E-state index in [0.717, 1.165) is 37.3 Å². The number of rotatable bonds is 6. The number of piperazine rings is 1. The molecule has 0 spiro atoms. The van der Waals surface area contributed by atoms with Gasteiger partial charge in [-0.1, -0.05) is 6.07 Å². The van der Waals surface area contributed by atoms with Crippen LogP contribution in [0, 0.1) is 18.7 Å². The molecule has 1 amide bonds. The molecule has 10 heteroatoms. The minimum Gasteiger partial charge on any atom is -0.368 e. The predicted molar refractivity (Wildman–Crippen MR) is 131 cm³/mol. The molecule has 0 atom stereocenters. The molecule has 5 rings (SSSR count). The number of nitrogens with one attached hydrogen (secondary N) is 2. The highest BCUT2D eigenvalue weighted by atomic mass is 19.1. The molecule has 1 aromatic carbocycles. The Balaban J connectivity index is 1.29. The van der Waals surface area contributed by atoms with Gasteiger partial charge in [-0.15, -0.1) is 0 Å². The smallest absolute Gasteiger partial charge is 0.328 e. The van der Waals surface area contributed by atoms with Crippen molar-refractivity contribution in [1.29, 1.82) is 0 Å². The summed E-state index contributed by atoms with van der Waals surface area (Å²) in [6.07, 6.45) is 2.03. The second-order valence-electron chi connectivity index (χ2n) is 9.39. The van der Waals surface area contributed by atoms with Crippen molar-refractivity contribution in [2.75, 3.05) is 38.1 Å². The molecular formula is C25H29FN6O3. The fourth-order valence-electron chi connectivity index (χ4n) is 4.71. The number of benzene rings is 1. The van der Waals surface area contributed by atoms with E-state index in [2.05, 4.69) is 25.1 Å². The minimum atomic E-state index is -0.550. The van der Waals surface area contributed by atoms with E-state index in [1.165, 1.54) is 4.57 Å². The molecule has 1 saturated heterocycles. The van der Waals surface area contributed by atoms with Crippen LogP contribution in [-0.2, 0) is 13.1 Å². The van der Waals surface area contributed by atoms with Crippen molar-refractivity contribution in [2.24, 2.45) is 5.92 Å². The van der Waals surface area contributed by atoms with E-state index in [4.69, 9.17) is 0 Å². The first-order valence-electron chi connectivity index (χ1n) is 12.0. The zero-order chi connectivity index (χ0) is 24.7. The highest BCUT2D eigenvalue weighted by Crippen LogP contribution is 2.30. The lowest BCUT2D eigenvalue weighted by Crippen LogP contribution is -2.46. The van der Waals surface area contributed by atoms with Crippen LogP contribution in [0.2, 0.25) is 0 Å². The van der Waals surface area contributed by atoms with Crippen molar-refractivity contribution in [2.45, 2.75) is 32.9 Å². The van der Waals surface area contributed by atoms with Gasteiger partial charge in [0.15, 0.2) is 5.82 Å². The summed E-state index contributed by atoms with van der Waals surface area (Å²) in [7, 11) is 1.58. The van der Waals surface area contributed by atoms with E-state index in [1.54, 1.807) is 25.2 Å². The minimum absolute atomic E-state index is 0.0129. The summed E-state index contributed by atoms with van der Waals surface area (Å²) in [5.41, 5.74) is 1.61. The molecule has 0 bridgehead atoms. The van der Waals surface area contributed by atoms with Gasteiger partial charge < -0.3 is 15.2 Å². The first kappa shape index (κ1) is 23.2. The average molecular weight is 481 g/mol. The Labute approximate surface area is 201 Å². The number of fused-ring (bicyclic) bond motifs is 1. The third kappa shape index (κ3) is 4.58. The zero-order valence-electron chi connectivity index (χ0n) is 19.9. The summed E-state index contributed by atoms with van der Waals surface area (Å²) in [4.78, 5) is 48.4. The Bertz CT molecular complexity index is 1400. The summed E-state index contributed by atoms with van der Waals surface area (Å²) in [6.45, 7) is 5.57. The maximum Gasteiger partial charge on any atom is 0.328 e. The molecule has 2 N–H and O–H groups in total. The first-order chi connectivity index (χ1) is 16.9. The molecule has 35 heavy (non-hydrogen) atoms. The Morgan fingerprint density at radius 1 is 1.14 bits per heavy atom. The van der Waals surface area contributed by atoms with E-state index < -0.39 is 17.1 Å². The fraction of sp³-hybridized carbons (Fsp3) is 0.440. The van der Waals surface area contributed by atoms with Gasteiger partial charge in [0, 0.05) is 51.9 Å². The number of pyridine rings is 1. The number of halogens is 1. The number of carbonyl (C=O) groups is 1. The topological polar surface area (TPSA) is 103 Å².